The van der Waals surface area contributed by atoms with E-state index in [1.165, 1.54) is 32.1 Å². The smallest absolute Gasteiger partial charge is 0.427 e. The lowest BCUT2D eigenvalue weighted by Gasteiger charge is -2.34. The van der Waals surface area contributed by atoms with Gasteiger partial charge < -0.3 is 15.4 Å². The Hall–Kier alpha value is -0.0551. The molecule has 1 aliphatic heterocycles. The van der Waals surface area contributed by atoms with E-state index < -0.39 is 7.12 Å². The molecule has 5 atom stereocenters. The molecule has 0 aromatic heterocycles. The van der Waals surface area contributed by atoms with Crippen LogP contribution in [0.2, 0.25) is 5.82 Å². The summed E-state index contributed by atoms with van der Waals surface area (Å²) in [7, 11) is -1.11. The Morgan fingerprint density at radius 2 is 1.62 bits per heavy atom. The number of hydrogen-bond donors (Lipinski definition) is 3. The predicted molar refractivity (Wildman–Crippen MR) is 64.0 cm³/mol. The summed E-state index contributed by atoms with van der Waals surface area (Å²) in [6.07, 6.45) is 8.67. The summed E-state index contributed by atoms with van der Waals surface area (Å²) < 4.78 is 0. The van der Waals surface area contributed by atoms with E-state index in [9.17, 15) is 10.0 Å². The van der Waals surface area contributed by atoms with Crippen molar-refractivity contribution in [1.29, 1.82) is 0 Å². The molecule has 1 heterocycles. The zero-order valence-electron chi connectivity index (χ0n) is 9.81. The Bertz CT molecular complexity index is 261. The van der Waals surface area contributed by atoms with Crippen LogP contribution in [0.1, 0.15) is 44.9 Å². The molecule has 0 bridgehead atoms. The van der Waals surface area contributed by atoms with E-state index in [1.54, 1.807) is 0 Å². The van der Waals surface area contributed by atoms with Gasteiger partial charge in [0.05, 0.1) is 0 Å². The molecule has 2 aliphatic carbocycles. The van der Waals surface area contributed by atoms with Gasteiger partial charge in [0.25, 0.3) is 0 Å². The van der Waals surface area contributed by atoms with Gasteiger partial charge in [-0.05, 0) is 43.3 Å². The topological polar surface area (TPSA) is 52.5 Å². The second kappa shape index (κ2) is 4.32. The highest BCUT2D eigenvalue weighted by molar-refractivity contribution is 6.43. The van der Waals surface area contributed by atoms with Crippen molar-refractivity contribution in [2.45, 2.75) is 62.8 Å². The fourth-order valence-electron chi connectivity index (χ4n) is 4.36. The minimum atomic E-state index is -1.11. The lowest BCUT2D eigenvalue weighted by Crippen LogP contribution is -2.38. The first-order chi connectivity index (χ1) is 7.75. The summed E-state index contributed by atoms with van der Waals surface area (Å²) >= 11 is 0. The van der Waals surface area contributed by atoms with E-state index >= 15 is 0 Å². The molecule has 5 unspecified atom stereocenters. The monoisotopic (exact) mass is 223 g/mol. The first kappa shape index (κ1) is 11.1. The van der Waals surface area contributed by atoms with Crippen LogP contribution in [-0.2, 0) is 0 Å². The van der Waals surface area contributed by atoms with Gasteiger partial charge in [0, 0.05) is 12.1 Å². The summed E-state index contributed by atoms with van der Waals surface area (Å²) in [6, 6.07) is 1.30. The number of nitrogens with one attached hydrogen (secondary N) is 1. The van der Waals surface area contributed by atoms with Gasteiger partial charge in [-0.2, -0.15) is 0 Å². The van der Waals surface area contributed by atoms with E-state index in [4.69, 9.17) is 0 Å². The van der Waals surface area contributed by atoms with Crippen LogP contribution >= 0.6 is 0 Å². The molecule has 0 aromatic rings. The second-order valence-electron chi connectivity index (χ2n) is 5.98. The van der Waals surface area contributed by atoms with Crippen molar-refractivity contribution >= 4 is 7.12 Å². The van der Waals surface area contributed by atoms with Crippen LogP contribution in [-0.4, -0.2) is 29.3 Å². The molecule has 3 N–H and O–H groups in total. The first-order valence-corrected chi connectivity index (χ1v) is 6.88. The van der Waals surface area contributed by atoms with Crippen LogP contribution in [0.4, 0.5) is 0 Å². The zero-order valence-corrected chi connectivity index (χ0v) is 9.81. The average Bonchev–Trinajstić information content (AvgIpc) is 2.66. The molecule has 0 amide bonds. The molecule has 3 rings (SSSR count). The Morgan fingerprint density at radius 1 is 0.875 bits per heavy atom. The average molecular weight is 223 g/mol. The Balaban J connectivity index is 1.68. The van der Waals surface area contributed by atoms with Crippen molar-refractivity contribution in [2.24, 2.45) is 11.8 Å². The molecule has 3 nitrogen and oxygen atoms in total. The number of rotatable bonds is 1. The molecule has 0 radical (unpaired) electrons. The van der Waals surface area contributed by atoms with Crippen molar-refractivity contribution in [2.75, 3.05) is 0 Å². The van der Waals surface area contributed by atoms with Gasteiger partial charge in [-0.3, -0.25) is 0 Å². The van der Waals surface area contributed by atoms with Crippen molar-refractivity contribution in [1.82, 2.24) is 5.32 Å². The van der Waals surface area contributed by atoms with Crippen LogP contribution in [0.5, 0.6) is 0 Å². The quantitative estimate of drug-likeness (QED) is 0.584. The largest absolute Gasteiger partial charge is 0.454 e. The standard InChI is InChI=1S/C12H22BNO2/c15-13(16)8-5-6-10-9-3-1-2-4-11(9)14-12(10)7-8/h8-12,14-16H,1-7H2. The molecule has 16 heavy (non-hydrogen) atoms. The SMILES string of the molecule is OB(O)C1CCC2C(C1)NC1CCCCC12. The highest BCUT2D eigenvalue weighted by atomic mass is 16.4. The van der Waals surface area contributed by atoms with E-state index in [0.717, 1.165) is 30.7 Å². The molecule has 4 heteroatoms. The van der Waals surface area contributed by atoms with Gasteiger partial charge >= 0.3 is 7.12 Å². The van der Waals surface area contributed by atoms with Crippen LogP contribution in [0, 0.1) is 11.8 Å². The van der Waals surface area contributed by atoms with Crippen molar-refractivity contribution < 1.29 is 10.0 Å². The third-order valence-electron chi connectivity index (χ3n) is 5.16. The predicted octanol–water partition coefficient (Wildman–Crippen LogP) is 1.16. The van der Waals surface area contributed by atoms with E-state index in [2.05, 4.69) is 5.32 Å². The molecular formula is C12H22BNO2. The van der Waals surface area contributed by atoms with Crippen LogP contribution < -0.4 is 5.32 Å². The van der Waals surface area contributed by atoms with Crippen molar-refractivity contribution in [3.63, 3.8) is 0 Å². The molecule has 3 fully saturated rings. The minimum absolute atomic E-state index is 0.105. The van der Waals surface area contributed by atoms with Gasteiger partial charge in [-0.1, -0.05) is 19.3 Å². The molecular weight excluding hydrogens is 201 g/mol. The Morgan fingerprint density at radius 3 is 2.44 bits per heavy atom. The van der Waals surface area contributed by atoms with E-state index in [-0.39, 0.29) is 5.82 Å². The van der Waals surface area contributed by atoms with Crippen LogP contribution in [0.3, 0.4) is 0 Å². The third-order valence-corrected chi connectivity index (χ3v) is 5.16. The summed E-state index contributed by atoms with van der Waals surface area (Å²) in [6.45, 7) is 0. The highest BCUT2D eigenvalue weighted by Crippen LogP contribution is 2.46. The van der Waals surface area contributed by atoms with E-state index in [0.29, 0.717) is 6.04 Å². The summed E-state index contributed by atoms with van der Waals surface area (Å²) in [5.41, 5.74) is 0. The molecule has 1 saturated heterocycles. The zero-order chi connectivity index (χ0) is 11.1. The molecule has 0 spiro atoms. The first-order valence-electron chi connectivity index (χ1n) is 6.88. The van der Waals surface area contributed by atoms with Gasteiger partial charge in [0.15, 0.2) is 0 Å². The lowest BCUT2D eigenvalue weighted by atomic mass is 9.60. The lowest BCUT2D eigenvalue weighted by molar-refractivity contribution is 0.221. The molecule has 3 aliphatic rings. The Labute approximate surface area is 97.8 Å². The van der Waals surface area contributed by atoms with Crippen LogP contribution in [0.15, 0.2) is 0 Å². The van der Waals surface area contributed by atoms with Gasteiger partial charge in [-0.25, -0.2) is 0 Å². The molecule has 0 aromatic carbocycles. The fourth-order valence-corrected chi connectivity index (χ4v) is 4.36. The number of hydrogen-bond acceptors (Lipinski definition) is 3. The van der Waals surface area contributed by atoms with Crippen molar-refractivity contribution in [3.8, 4) is 0 Å². The summed E-state index contributed by atoms with van der Waals surface area (Å²) in [4.78, 5) is 0. The molecule has 90 valence electrons. The number of fused-ring (bicyclic) bond motifs is 3. The third kappa shape index (κ3) is 1.81. The van der Waals surface area contributed by atoms with Crippen LogP contribution in [0.25, 0.3) is 0 Å². The summed E-state index contributed by atoms with van der Waals surface area (Å²) in [5.74, 6) is 1.81. The van der Waals surface area contributed by atoms with Gasteiger partial charge in [0.2, 0.25) is 0 Å². The highest BCUT2D eigenvalue weighted by Gasteiger charge is 2.47. The Kier molecular flexibility index (Phi) is 2.98. The maximum absolute atomic E-state index is 9.28. The normalized spacial score (nSPS) is 47.2. The van der Waals surface area contributed by atoms with Crippen molar-refractivity contribution in [3.05, 3.63) is 0 Å². The van der Waals surface area contributed by atoms with Gasteiger partial charge in [-0.15, -0.1) is 0 Å². The fraction of sp³-hybridized carbons (Fsp3) is 1.00. The van der Waals surface area contributed by atoms with Gasteiger partial charge in [0.1, 0.15) is 0 Å². The summed E-state index contributed by atoms with van der Waals surface area (Å²) in [5, 5.41) is 22.3. The van der Waals surface area contributed by atoms with E-state index in [1.807, 2.05) is 0 Å². The maximum atomic E-state index is 9.28. The minimum Gasteiger partial charge on any atom is -0.427 e. The maximum Gasteiger partial charge on any atom is 0.454 e. The second-order valence-corrected chi connectivity index (χ2v) is 5.98. The molecule has 2 saturated carbocycles.